The number of nitrogens with zero attached hydrogens (tertiary/aromatic N) is 2. The van der Waals surface area contributed by atoms with Crippen LogP contribution in [0.15, 0.2) is 42.6 Å². The Kier molecular flexibility index (Phi) is 8.86. The van der Waals surface area contributed by atoms with Crippen LogP contribution in [0, 0.1) is 24.6 Å². The molecule has 5 atom stereocenters. The highest BCUT2D eigenvalue weighted by atomic mass is 32.1. The van der Waals surface area contributed by atoms with Crippen molar-refractivity contribution in [2.24, 2.45) is 11.8 Å². The summed E-state index contributed by atoms with van der Waals surface area (Å²) in [6, 6.07) is 7.62. The van der Waals surface area contributed by atoms with Gasteiger partial charge in [-0.15, -0.1) is 0 Å². The maximum absolute atomic E-state index is 14.1. The lowest BCUT2D eigenvalue weighted by Crippen LogP contribution is -2.42. The lowest BCUT2D eigenvalue weighted by atomic mass is 9.76. The van der Waals surface area contributed by atoms with E-state index in [2.05, 4.69) is 9.88 Å². The van der Waals surface area contributed by atoms with Crippen LogP contribution in [0.3, 0.4) is 0 Å². The largest absolute Gasteiger partial charge is 0.462 e. The minimum atomic E-state index is -4.64. The molecule has 0 aliphatic carbocycles. The number of alkyl halides is 4. The molecule has 226 valence electrons. The summed E-state index contributed by atoms with van der Waals surface area (Å²) in [6.45, 7) is 5.82. The van der Waals surface area contributed by atoms with Crippen LogP contribution in [-0.4, -0.2) is 43.5 Å². The molecule has 0 spiro atoms. The highest BCUT2D eigenvalue weighted by Gasteiger charge is 2.48. The Labute approximate surface area is 244 Å². The number of carbonyl (C=O) groups excluding carboxylic acids is 1. The van der Waals surface area contributed by atoms with Crippen molar-refractivity contribution in [3.8, 4) is 0 Å². The van der Waals surface area contributed by atoms with E-state index in [9.17, 15) is 26.7 Å². The van der Waals surface area contributed by atoms with Crippen molar-refractivity contribution < 1.29 is 41.0 Å². The van der Waals surface area contributed by atoms with Crippen molar-refractivity contribution in [1.29, 1.82) is 0 Å². The molecule has 0 bridgehead atoms. The molecule has 2 aromatic carbocycles. The highest BCUT2D eigenvalue weighted by Crippen LogP contribution is 2.47. The number of hydrogen-bond donors (Lipinski definition) is 0. The molecule has 2 aliphatic heterocycles. The number of halogens is 5. The van der Waals surface area contributed by atoms with Crippen LogP contribution < -0.4 is 4.90 Å². The summed E-state index contributed by atoms with van der Waals surface area (Å²) in [5, 5.41) is 0.663. The predicted molar refractivity (Wildman–Crippen MR) is 147 cm³/mol. The molecule has 0 amide bonds. The number of aromatic nitrogens is 1. The minimum absolute atomic E-state index is 0.0297. The number of ether oxygens (including phenoxy) is 3. The van der Waals surface area contributed by atoms with E-state index in [0.29, 0.717) is 35.3 Å². The fraction of sp³-hybridized carbons (Fsp3) is 0.467. The lowest BCUT2D eigenvalue weighted by Gasteiger charge is -2.41. The van der Waals surface area contributed by atoms with Gasteiger partial charge < -0.3 is 19.1 Å². The molecule has 0 saturated carbocycles. The second-order valence-corrected chi connectivity index (χ2v) is 11.7. The van der Waals surface area contributed by atoms with E-state index < -0.39 is 36.8 Å². The maximum Gasteiger partial charge on any atom is 0.416 e. The molecule has 3 aromatic rings. The number of aryl methyl sites for hydroxylation is 1. The third-order valence-electron chi connectivity index (χ3n) is 7.86. The molecule has 2 fully saturated rings. The molecule has 12 heteroatoms. The van der Waals surface area contributed by atoms with E-state index in [4.69, 9.17) is 14.2 Å². The van der Waals surface area contributed by atoms with Crippen LogP contribution in [0.4, 0.5) is 27.1 Å². The minimum Gasteiger partial charge on any atom is -0.462 e. The van der Waals surface area contributed by atoms with Gasteiger partial charge in [0.25, 0.3) is 0 Å². The summed E-state index contributed by atoms with van der Waals surface area (Å²) in [7, 11) is 0. The van der Waals surface area contributed by atoms with Gasteiger partial charge in [-0.3, -0.25) is 0 Å². The Morgan fingerprint density at radius 1 is 1.21 bits per heavy atom. The van der Waals surface area contributed by atoms with Gasteiger partial charge in [-0.25, -0.2) is 18.6 Å². The van der Waals surface area contributed by atoms with Gasteiger partial charge in [0.15, 0.2) is 11.4 Å². The summed E-state index contributed by atoms with van der Waals surface area (Å²) in [5.41, 5.74) is 0.644. The van der Waals surface area contributed by atoms with Crippen molar-refractivity contribution in [2.45, 2.75) is 51.9 Å². The van der Waals surface area contributed by atoms with Crippen molar-refractivity contribution in [3.63, 3.8) is 0 Å². The van der Waals surface area contributed by atoms with Gasteiger partial charge in [0.05, 0.1) is 31.1 Å². The van der Waals surface area contributed by atoms with Gasteiger partial charge in [0.2, 0.25) is 0 Å². The van der Waals surface area contributed by atoms with E-state index in [1.807, 2.05) is 0 Å². The van der Waals surface area contributed by atoms with Gasteiger partial charge in [0.1, 0.15) is 17.4 Å². The normalized spacial score (nSPS) is 23.1. The summed E-state index contributed by atoms with van der Waals surface area (Å²) >= 11 is 1.24. The summed E-state index contributed by atoms with van der Waals surface area (Å²) < 4.78 is 85.7. The molecule has 42 heavy (non-hydrogen) atoms. The van der Waals surface area contributed by atoms with Crippen molar-refractivity contribution in [2.75, 3.05) is 31.2 Å². The van der Waals surface area contributed by atoms with Gasteiger partial charge in [-0.2, -0.15) is 13.2 Å². The summed E-state index contributed by atoms with van der Waals surface area (Å²) in [6.07, 6.45) is -4.86. The second kappa shape index (κ2) is 12.3. The smallest absolute Gasteiger partial charge is 0.416 e. The number of esters is 1. The Morgan fingerprint density at radius 2 is 2.00 bits per heavy atom. The third kappa shape index (κ3) is 6.30. The Morgan fingerprint density at radius 3 is 2.69 bits per heavy atom. The van der Waals surface area contributed by atoms with Gasteiger partial charge in [0, 0.05) is 24.9 Å². The first-order valence-corrected chi connectivity index (χ1v) is 14.5. The fourth-order valence-electron chi connectivity index (χ4n) is 5.86. The van der Waals surface area contributed by atoms with Crippen molar-refractivity contribution >= 4 is 22.4 Å². The summed E-state index contributed by atoms with van der Waals surface area (Å²) in [4.78, 5) is 19.1. The van der Waals surface area contributed by atoms with Gasteiger partial charge >= 0.3 is 12.1 Å². The van der Waals surface area contributed by atoms with Crippen LogP contribution >= 0.6 is 11.3 Å². The topological polar surface area (TPSA) is 60.9 Å². The van der Waals surface area contributed by atoms with Gasteiger partial charge in [-0.05, 0) is 73.2 Å². The second-order valence-electron chi connectivity index (χ2n) is 10.7. The van der Waals surface area contributed by atoms with E-state index in [1.165, 1.54) is 35.7 Å². The number of hydrogen-bond acceptors (Lipinski definition) is 7. The average Bonchev–Trinajstić information content (AvgIpc) is 3.61. The first-order valence-electron chi connectivity index (χ1n) is 13.7. The SMILES string of the molecule is CCOC(=O)c1cnc(N2C[C@H]3CO[C@H](O[C@H](C)c4cc(CF)cc(C(F)(F)F)c4)[C@@H](c4ccc(F)cc4C)[C@@H]3C2)s1. The van der Waals surface area contributed by atoms with Crippen LogP contribution in [0.1, 0.15) is 63.4 Å². The summed E-state index contributed by atoms with van der Waals surface area (Å²) in [5.74, 6) is -1.18. The Bertz CT molecular complexity index is 1430. The fourth-order valence-corrected chi connectivity index (χ4v) is 6.68. The van der Waals surface area contributed by atoms with Crippen molar-refractivity contribution in [1.82, 2.24) is 4.98 Å². The van der Waals surface area contributed by atoms with E-state index in [-0.39, 0.29) is 41.3 Å². The van der Waals surface area contributed by atoms with Crippen molar-refractivity contribution in [3.05, 3.63) is 81.1 Å². The zero-order chi connectivity index (χ0) is 30.2. The molecule has 3 heterocycles. The quantitative estimate of drug-likeness (QED) is 0.198. The maximum atomic E-state index is 14.1. The molecule has 6 nitrogen and oxygen atoms in total. The molecular formula is C30H31F5N2O4S. The molecule has 2 saturated heterocycles. The number of anilines is 1. The van der Waals surface area contributed by atoms with Crippen LogP contribution in [0.25, 0.3) is 0 Å². The van der Waals surface area contributed by atoms with Gasteiger partial charge in [-0.1, -0.05) is 23.5 Å². The number of fused-ring (bicyclic) bond motifs is 1. The monoisotopic (exact) mass is 610 g/mol. The Hall–Kier alpha value is -3.09. The zero-order valence-electron chi connectivity index (χ0n) is 23.3. The van der Waals surface area contributed by atoms with Crippen LogP contribution in [0.2, 0.25) is 0 Å². The average molecular weight is 611 g/mol. The molecule has 0 unspecified atom stereocenters. The number of carbonyl (C=O) groups is 1. The molecule has 1 aromatic heterocycles. The lowest BCUT2D eigenvalue weighted by molar-refractivity contribution is -0.217. The first-order chi connectivity index (χ1) is 20.0. The number of rotatable bonds is 8. The van der Waals surface area contributed by atoms with E-state index >= 15 is 0 Å². The third-order valence-corrected chi connectivity index (χ3v) is 8.89. The highest BCUT2D eigenvalue weighted by molar-refractivity contribution is 7.17. The number of thiazole rings is 1. The van der Waals surface area contributed by atoms with Crippen LogP contribution in [-0.2, 0) is 27.1 Å². The Balaban J connectivity index is 1.44. The van der Waals surface area contributed by atoms with Crippen LogP contribution in [0.5, 0.6) is 0 Å². The first kappa shape index (κ1) is 30.4. The molecule has 0 radical (unpaired) electrons. The zero-order valence-corrected chi connectivity index (χ0v) is 24.1. The molecule has 5 rings (SSSR count). The van der Waals surface area contributed by atoms with E-state index in [0.717, 1.165) is 17.7 Å². The molecule has 2 aliphatic rings. The molecular weight excluding hydrogens is 579 g/mol. The predicted octanol–water partition coefficient (Wildman–Crippen LogP) is 7.23. The van der Waals surface area contributed by atoms with E-state index in [1.54, 1.807) is 26.8 Å². The standard InChI is InChI=1S/C30H31F5N2O4S/c1-4-39-27(38)25-12-36-29(42-25)37-13-20-15-40-28(26(24(20)14-37)23-6-5-22(32)7-16(23)2)41-17(3)19-8-18(11-31)9-21(10-19)30(33,34)35/h5-10,12,17,20,24,26,28H,4,11,13-15H2,1-3H3/t17-,20+,24-,26+,28-/m1/s1. The molecule has 0 N–H and O–H groups in total. The number of benzene rings is 2.